The highest BCUT2D eigenvalue weighted by Crippen LogP contribution is 2.32. The summed E-state index contributed by atoms with van der Waals surface area (Å²) >= 11 is 5.80. The van der Waals surface area contributed by atoms with Crippen molar-refractivity contribution in [3.63, 3.8) is 0 Å². The van der Waals surface area contributed by atoms with E-state index in [1.165, 1.54) is 0 Å². The highest BCUT2D eigenvalue weighted by Gasteiger charge is 2.13. The Morgan fingerprint density at radius 1 is 0.960 bits per heavy atom. The summed E-state index contributed by atoms with van der Waals surface area (Å²) in [6, 6.07) is 11.9. The van der Waals surface area contributed by atoms with Crippen molar-refractivity contribution in [2.75, 3.05) is 18.5 Å². The summed E-state index contributed by atoms with van der Waals surface area (Å²) in [7, 11) is 0. The first kappa shape index (κ1) is 17.3. The number of anilines is 1. The van der Waals surface area contributed by atoms with E-state index in [0.717, 1.165) is 6.42 Å². The SMILES string of the molecule is O=C(CCC(=O)c1ccc(Cl)cc1)Nc1ccc2c(c1)OCCCO2. The number of ether oxygens (including phenoxy) is 2. The zero-order valence-corrected chi connectivity index (χ0v) is 14.3. The van der Waals surface area contributed by atoms with Crippen molar-refractivity contribution in [2.24, 2.45) is 0 Å². The molecule has 3 rings (SSSR count). The third-order valence-corrected chi connectivity index (χ3v) is 4.03. The standard InChI is InChI=1S/C19H18ClNO4/c20-14-4-2-13(3-5-14)16(22)7-9-19(23)21-15-6-8-17-18(12-15)25-11-1-10-24-17/h2-6,8,12H,1,7,9-11H2,(H,21,23). The first-order valence-electron chi connectivity index (χ1n) is 8.10. The second kappa shape index (κ2) is 8.03. The molecule has 0 saturated heterocycles. The van der Waals surface area contributed by atoms with Gasteiger partial charge in [-0.3, -0.25) is 9.59 Å². The lowest BCUT2D eigenvalue weighted by Crippen LogP contribution is -2.13. The number of rotatable bonds is 5. The molecule has 1 aliphatic heterocycles. The van der Waals surface area contributed by atoms with E-state index in [-0.39, 0.29) is 24.5 Å². The Morgan fingerprint density at radius 3 is 2.44 bits per heavy atom. The van der Waals surface area contributed by atoms with Crippen LogP contribution in [0.2, 0.25) is 5.02 Å². The maximum atomic E-state index is 12.1. The quantitative estimate of drug-likeness (QED) is 0.816. The van der Waals surface area contributed by atoms with Crippen LogP contribution in [0, 0.1) is 0 Å². The second-order valence-corrected chi connectivity index (χ2v) is 6.13. The van der Waals surface area contributed by atoms with Gasteiger partial charge >= 0.3 is 0 Å². The number of carbonyl (C=O) groups is 2. The van der Waals surface area contributed by atoms with Crippen molar-refractivity contribution in [2.45, 2.75) is 19.3 Å². The van der Waals surface area contributed by atoms with Crippen molar-refractivity contribution < 1.29 is 19.1 Å². The molecule has 0 radical (unpaired) electrons. The Hall–Kier alpha value is -2.53. The molecule has 1 N–H and O–H groups in total. The number of Topliss-reactive ketones (excluding diaryl/α,β-unsaturated/α-hetero) is 1. The topological polar surface area (TPSA) is 64.6 Å². The highest BCUT2D eigenvalue weighted by molar-refractivity contribution is 6.30. The van der Waals surface area contributed by atoms with Crippen molar-refractivity contribution in [1.82, 2.24) is 0 Å². The van der Waals surface area contributed by atoms with Gasteiger partial charge in [-0.2, -0.15) is 0 Å². The number of hydrogen-bond donors (Lipinski definition) is 1. The predicted octanol–water partition coefficient (Wildman–Crippen LogP) is 4.10. The molecule has 0 bridgehead atoms. The zero-order chi connectivity index (χ0) is 17.6. The minimum absolute atomic E-state index is 0.0921. The summed E-state index contributed by atoms with van der Waals surface area (Å²) < 4.78 is 11.1. The lowest BCUT2D eigenvalue weighted by Gasteiger charge is -2.10. The normalized spacial score (nSPS) is 13.0. The lowest BCUT2D eigenvalue weighted by atomic mass is 10.1. The molecular formula is C19H18ClNO4. The van der Waals surface area contributed by atoms with Crippen LogP contribution in [0.5, 0.6) is 11.5 Å². The van der Waals surface area contributed by atoms with E-state index >= 15 is 0 Å². The van der Waals surface area contributed by atoms with E-state index in [1.54, 1.807) is 42.5 Å². The number of fused-ring (bicyclic) bond motifs is 1. The number of ketones is 1. The molecule has 6 heteroatoms. The number of hydrogen-bond acceptors (Lipinski definition) is 4. The van der Waals surface area contributed by atoms with E-state index < -0.39 is 0 Å². The van der Waals surface area contributed by atoms with Crippen LogP contribution >= 0.6 is 11.6 Å². The smallest absolute Gasteiger partial charge is 0.224 e. The molecule has 0 spiro atoms. The largest absolute Gasteiger partial charge is 0.490 e. The van der Waals surface area contributed by atoms with Gasteiger partial charge in [0.15, 0.2) is 17.3 Å². The Kier molecular flexibility index (Phi) is 5.56. The molecular weight excluding hydrogens is 342 g/mol. The molecule has 0 aromatic heterocycles. The summed E-state index contributed by atoms with van der Waals surface area (Å²) in [6.45, 7) is 1.20. The van der Waals surface area contributed by atoms with E-state index in [1.807, 2.05) is 0 Å². The Balaban J connectivity index is 1.55. The van der Waals surface area contributed by atoms with Crippen molar-refractivity contribution in [3.8, 4) is 11.5 Å². The number of carbonyl (C=O) groups excluding carboxylic acids is 2. The highest BCUT2D eigenvalue weighted by atomic mass is 35.5. The van der Waals surface area contributed by atoms with Crippen LogP contribution in [0.3, 0.4) is 0 Å². The molecule has 0 aliphatic carbocycles. The number of benzene rings is 2. The summed E-state index contributed by atoms with van der Waals surface area (Å²) in [4.78, 5) is 24.2. The van der Waals surface area contributed by atoms with Crippen LogP contribution in [-0.2, 0) is 4.79 Å². The summed E-state index contributed by atoms with van der Waals surface area (Å²) in [6.07, 6.45) is 1.07. The van der Waals surface area contributed by atoms with Crippen LogP contribution in [0.1, 0.15) is 29.6 Å². The second-order valence-electron chi connectivity index (χ2n) is 5.69. The first-order valence-corrected chi connectivity index (χ1v) is 8.48. The molecule has 2 aromatic rings. The Labute approximate surface area is 150 Å². The van der Waals surface area contributed by atoms with E-state index in [2.05, 4.69) is 5.32 Å². The summed E-state index contributed by atoms with van der Waals surface area (Å²) in [5, 5.41) is 3.35. The third-order valence-electron chi connectivity index (χ3n) is 3.78. The molecule has 0 fully saturated rings. The van der Waals surface area contributed by atoms with Crippen LogP contribution in [0.25, 0.3) is 0 Å². The zero-order valence-electron chi connectivity index (χ0n) is 13.6. The Bertz CT molecular complexity index is 773. The Morgan fingerprint density at radius 2 is 1.68 bits per heavy atom. The fraction of sp³-hybridized carbons (Fsp3) is 0.263. The molecule has 0 unspecified atom stereocenters. The number of amides is 1. The van der Waals surface area contributed by atoms with Gasteiger partial charge in [-0.25, -0.2) is 0 Å². The van der Waals surface area contributed by atoms with Gasteiger partial charge in [0.1, 0.15) is 0 Å². The van der Waals surface area contributed by atoms with E-state index in [4.69, 9.17) is 21.1 Å². The van der Waals surface area contributed by atoms with Crippen molar-refractivity contribution in [1.29, 1.82) is 0 Å². The molecule has 1 amide bonds. The maximum absolute atomic E-state index is 12.1. The van der Waals surface area contributed by atoms with Gasteiger partial charge in [-0.05, 0) is 36.4 Å². The summed E-state index contributed by atoms with van der Waals surface area (Å²) in [5.41, 5.74) is 1.17. The van der Waals surface area contributed by atoms with Gasteiger partial charge in [0.05, 0.1) is 13.2 Å². The molecule has 25 heavy (non-hydrogen) atoms. The third kappa shape index (κ3) is 4.73. The van der Waals surface area contributed by atoms with Gasteiger partial charge in [0.2, 0.25) is 5.91 Å². The van der Waals surface area contributed by atoms with Crippen LogP contribution in [-0.4, -0.2) is 24.9 Å². The lowest BCUT2D eigenvalue weighted by molar-refractivity contribution is -0.116. The van der Waals surface area contributed by atoms with Gasteiger partial charge in [-0.1, -0.05) is 11.6 Å². The van der Waals surface area contributed by atoms with Gasteiger partial charge in [0.25, 0.3) is 0 Å². The average Bonchev–Trinajstić information content (AvgIpc) is 2.85. The average molecular weight is 360 g/mol. The fourth-order valence-corrected chi connectivity index (χ4v) is 2.60. The minimum atomic E-state index is -0.225. The van der Waals surface area contributed by atoms with Crippen LogP contribution in [0.4, 0.5) is 5.69 Å². The monoisotopic (exact) mass is 359 g/mol. The number of nitrogens with one attached hydrogen (secondary N) is 1. The van der Waals surface area contributed by atoms with E-state index in [9.17, 15) is 9.59 Å². The molecule has 130 valence electrons. The number of halogens is 1. The molecule has 0 saturated carbocycles. The first-order chi connectivity index (χ1) is 12.1. The van der Waals surface area contributed by atoms with Crippen LogP contribution < -0.4 is 14.8 Å². The molecule has 1 aliphatic rings. The van der Waals surface area contributed by atoms with E-state index in [0.29, 0.717) is 41.0 Å². The van der Waals surface area contributed by atoms with Crippen molar-refractivity contribution >= 4 is 29.0 Å². The molecule has 1 heterocycles. The maximum Gasteiger partial charge on any atom is 0.224 e. The van der Waals surface area contributed by atoms with Gasteiger partial charge in [-0.15, -0.1) is 0 Å². The fourth-order valence-electron chi connectivity index (χ4n) is 2.47. The summed E-state index contributed by atoms with van der Waals surface area (Å²) in [5.74, 6) is 0.975. The molecule has 5 nitrogen and oxygen atoms in total. The van der Waals surface area contributed by atoms with Crippen LogP contribution in [0.15, 0.2) is 42.5 Å². The predicted molar refractivity (Wildman–Crippen MR) is 95.7 cm³/mol. The molecule has 2 aromatic carbocycles. The minimum Gasteiger partial charge on any atom is -0.490 e. The van der Waals surface area contributed by atoms with Gasteiger partial charge in [0, 0.05) is 41.6 Å². The van der Waals surface area contributed by atoms with Gasteiger partial charge < -0.3 is 14.8 Å². The molecule has 0 atom stereocenters. The van der Waals surface area contributed by atoms with Crippen molar-refractivity contribution in [3.05, 3.63) is 53.1 Å².